The highest BCUT2D eigenvalue weighted by molar-refractivity contribution is 7.14. The lowest BCUT2D eigenvalue weighted by molar-refractivity contribution is -0.124. The summed E-state index contributed by atoms with van der Waals surface area (Å²) in [5, 5.41) is 2.85. The molecule has 1 N–H and O–H groups in total. The Morgan fingerprint density at radius 2 is 2.08 bits per heavy atom. The molecule has 0 bridgehead atoms. The van der Waals surface area contributed by atoms with Crippen LogP contribution in [-0.4, -0.2) is 18.5 Å². The Kier molecular flexibility index (Phi) is 6.09. The zero-order chi connectivity index (χ0) is 18.5. The summed E-state index contributed by atoms with van der Waals surface area (Å²) in [5.74, 6) is 0.0215. The number of nitrogens with one attached hydrogen (secondary N) is 1. The van der Waals surface area contributed by atoms with E-state index >= 15 is 0 Å². The Bertz CT molecular complexity index is 769. The van der Waals surface area contributed by atoms with Crippen molar-refractivity contribution in [3.8, 4) is 0 Å². The molecule has 2 atom stereocenters. The monoisotopic (exact) mass is 371 g/mol. The third kappa shape index (κ3) is 4.52. The van der Waals surface area contributed by atoms with Crippen molar-refractivity contribution < 1.29 is 14.3 Å². The number of ether oxygens (including phenoxy) is 1. The Labute approximate surface area is 158 Å². The zero-order valence-corrected chi connectivity index (χ0v) is 16.1. The predicted octanol–water partition coefficient (Wildman–Crippen LogP) is 4.30. The van der Waals surface area contributed by atoms with Crippen molar-refractivity contribution in [1.82, 2.24) is 5.32 Å². The summed E-state index contributed by atoms with van der Waals surface area (Å²) in [6, 6.07) is 11.5. The zero-order valence-electron chi connectivity index (χ0n) is 15.3. The topological polar surface area (TPSA) is 55.4 Å². The fraction of sp³-hybridized carbons (Fsp3) is 0.429. The first-order chi connectivity index (χ1) is 12.6. The van der Waals surface area contributed by atoms with Gasteiger partial charge in [-0.1, -0.05) is 43.7 Å². The highest BCUT2D eigenvalue weighted by Gasteiger charge is 2.23. The third-order valence-corrected chi connectivity index (χ3v) is 6.19. The maximum Gasteiger partial charge on any atom is 0.348 e. The van der Waals surface area contributed by atoms with Gasteiger partial charge >= 0.3 is 5.97 Å². The summed E-state index contributed by atoms with van der Waals surface area (Å²) in [6.07, 6.45) is 4.46. The average molecular weight is 372 g/mol. The van der Waals surface area contributed by atoms with E-state index < -0.39 is 5.97 Å². The minimum Gasteiger partial charge on any atom is -0.451 e. The summed E-state index contributed by atoms with van der Waals surface area (Å²) >= 11 is 1.51. The molecule has 1 aromatic carbocycles. The molecule has 1 aliphatic rings. The maximum atomic E-state index is 12.3. The molecule has 4 nitrogen and oxygen atoms in total. The molecule has 1 aromatic heterocycles. The van der Waals surface area contributed by atoms with Gasteiger partial charge in [0.25, 0.3) is 5.91 Å². The Morgan fingerprint density at radius 3 is 2.81 bits per heavy atom. The van der Waals surface area contributed by atoms with Crippen LogP contribution in [0.1, 0.15) is 58.4 Å². The molecule has 0 saturated carbocycles. The molecule has 1 aliphatic carbocycles. The van der Waals surface area contributed by atoms with Crippen molar-refractivity contribution in [3.05, 3.63) is 57.3 Å². The molecular formula is C21H25NO3S. The fourth-order valence-electron chi connectivity index (χ4n) is 3.36. The number of amides is 1. The first-order valence-electron chi connectivity index (χ1n) is 9.19. The molecule has 0 saturated heterocycles. The number of thiophene rings is 1. The van der Waals surface area contributed by atoms with Crippen LogP contribution < -0.4 is 5.32 Å². The van der Waals surface area contributed by atoms with Gasteiger partial charge in [0.2, 0.25) is 0 Å². The maximum absolute atomic E-state index is 12.3. The van der Waals surface area contributed by atoms with Gasteiger partial charge in [-0.15, -0.1) is 11.3 Å². The number of hydrogen-bond acceptors (Lipinski definition) is 4. The molecule has 2 aromatic rings. The van der Waals surface area contributed by atoms with Gasteiger partial charge in [0.05, 0.1) is 6.04 Å². The molecule has 0 radical (unpaired) electrons. The molecule has 26 heavy (non-hydrogen) atoms. The highest BCUT2D eigenvalue weighted by atomic mass is 32.1. The SMILES string of the molecule is CC[C@@H]1CCc2sc(C(=O)OCC(=O)N[C@@H](C)c3ccccc3)cc2C1. The molecule has 0 aliphatic heterocycles. The minimum atomic E-state index is -0.403. The van der Waals surface area contributed by atoms with Gasteiger partial charge in [-0.3, -0.25) is 4.79 Å². The number of hydrogen-bond donors (Lipinski definition) is 1. The largest absolute Gasteiger partial charge is 0.451 e. The lowest BCUT2D eigenvalue weighted by Gasteiger charge is -2.19. The van der Waals surface area contributed by atoms with Gasteiger partial charge in [-0.2, -0.15) is 0 Å². The lowest BCUT2D eigenvalue weighted by Crippen LogP contribution is -2.31. The first-order valence-corrected chi connectivity index (χ1v) is 10.0. The van der Waals surface area contributed by atoms with E-state index in [0.717, 1.165) is 18.4 Å². The smallest absolute Gasteiger partial charge is 0.348 e. The molecule has 5 heteroatoms. The second-order valence-corrected chi connectivity index (χ2v) is 7.99. The number of aryl methyl sites for hydroxylation is 1. The summed E-state index contributed by atoms with van der Waals surface area (Å²) < 4.78 is 5.22. The number of benzene rings is 1. The molecule has 3 rings (SSSR count). The summed E-state index contributed by atoms with van der Waals surface area (Å²) in [6.45, 7) is 3.87. The molecule has 0 fully saturated rings. The molecular weight excluding hydrogens is 346 g/mol. The van der Waals surface area contributed by atoms with Gasteiger partial charge in [0, 0.05) is 4.88 Å². The van der Waals surface area contributed by atoms with Crippen LogP contribution in [0, 0.1) is 5.92 Å². The van der Waals surface area contributed by atoms with E-state index in [0.29, 0.717) is 10.8 Å². The normalized spacial score (nSPS) is 17.2. The number of rotatable bonds is 6. The van der Waals surface area contributed by atoms with Crippen molar-refractivity contribution in [2.24, 2.45) is 5.92 Å². The van der Waals surface area contributed by atoms with Gasteiger partial charge in [-0.25, -0.2) is 4.79 Å². The van der Waals surface area contributed by atoms with Crippen LogP contribution in [0.2, 0.25) is 0 Å². The van der Waals surface area contributed by atoms with E-state index in [1.807, 2.05) is 43.3 Å². The van der Waals surface area contributed by atoms with Crippen molar-refractivity contribution in [2.45, 2.75) is 45.6 Å². The van der Waals surface area contributed by atoms with E-state index in [1.54, 1.807) is 0 Å². The van der Waals surface area contributed by atoms with Gasteiger partial charge in [0.1, 0.15) is 4.88 Å². The van der Waals surface area contributed by atoms with Gasteiger partial charge in [-0.05, 0) is 49.3 Å². The van der Waals surface area contributed by atoms with Crippen molar-refractivity contribution >= 4 is 23.2 Å². The molecule has 138 valence electrons. The van der Waals surface area contributed by atoms with Gasteiger partial charge in [0.15, 0.2) is 6.61 Å². The Balaban J connectivity index is 1.51. The molecule has 1 heterocycles. The number of carbonyl (C=O) groups excluding carboxylic acids is 2. The van der Waals surface area contributed by atoms with Crippen LogP contribution in [-0.2, 0) is 22.4 Å². The van der Waals surface area contributed by atoms with Crippen LogP contribution >= 0.6 is 11.3 Å². The molecule has 1 amide bonds. The van der Waals surface area contributed by atoms with E-state index in [9.17, 15) is 9.59 Å². The van der Waals surface area contributed by atoms with Crippen LogP contribution in [0.3, 0.4) is 0 Å². The van der Waals surface area contributed by atoms with Crippen molar-refractivity contribution in [2.75, 3.05) is 6.61 Å². The minimum absolute atomic E-state index is 0.123. The number of carbonyl (C=O) groups is 2. The van der Waals surface area contributed by atoms with Crippen LogP contribution in [0.5, 0.6) is 0 Å². The van der Waals surface area contributed by atoms with Gasteiger partial charge < -0.3 is 10.1 Å². The number of esters is 1. The summed E-state index contributed by atoms with van der Waals surface area (Å²) in [4.78, 5) is 26.2. The average Bonchev–Trinajstić information content (AvgIpc) is 3.10. The van der Waals surface area contributed by atoms with Crippen LogP contribution in [0.15, 0.2) is 36.4 Å². The predicted molar refractivity (Wildman–Crippen MR) is 103 cm³/mol. The van der Waals surface area contributed by atoms with Crippen molar-refractivity contribution in [1.29, 1.82) is 0 Å². The second-order valence-electron chi connectivity index (χ2n) is 6.85. The third-order valence-electron chi connectivity index (χ3n) is 4.97. The van der Waals surface area contributed by atoms with E-state index in [-0.39, 0.29) is 18.6 Å². The van der Waals surface area contributed by atoms with Crippen LogP contribution in [0.25, 0.3) is 0 Å². The molecule has 0 unspecified atom stereocenters. The van der Waals surface area contributed by atoms with E-state index in [4.69, 9.17) is 4.74 Å². The quantitative estimate of drug-likeness (QED) is 0.771. The van der Waals surface area contributed by atoms with Crippen molar-refractivity contribution in [3.63, 3.8) is 0 Å². The summed E-state index contributed by atoms with van der Waals surface area (Å²) in [5.41, 5.74) is 2.30. The fourth-order valence-corrected chi connectivity index (χ4v) is 4.46. The number of fused-ring (bicyclic) bond motifs is 1. The standard InChI is InChI=1S/C21H25NO3S/c1-3-15-9-10-18-17(11-15)12-19(26-18)21(24)25-13-20(23)22-14(2)16-7-5-4-6-8-16/h4-8,12,14-15H,3,9-11,13H2,1-2H3,(H,22,23)/t14-,15+/m0/s1. The van der Waals surface area contributed by atoms with E-state index in [1.165, 1.54) is 34.6 Å². The second kappa shape index (κ2) is 8.49. The lowest BCUT2D eigenvalue weighted by atomic mass is 9.87. The Hall–Kier alpha value is -2.14. The first kappa shape index (κ1) is 18.6. The summed E-state index contributed by atoms with van der Waals surface area (Å²) in [7, 11) is 0. The highest BCUT2D eigenvalue weighted by Crippen LogP contribution is 2.33. The van der Waals surface area contributed by atoms with E-state index in [2.05, 4.69) is 12.2 Å². The molecule has 0 spiro atoms. The Morgan fingerprint density at radius 1 is 1.31 bits per heavy atom. The van der Waals surface area contributed by atoms with Crippen LogP contribution in [0.4, 0.5) is 0 Å².